The highest BCUT2D eigenvalue weighted by molar-refractivity contribution is 6.04. The average Bonchev–Trinajstić information content (AvgIpc) is 2.75. The maximum Gasteiger partial charge on any atom is 0.187 e. The van der Waals surface area contributed by atoms with E-state index in [0.717, 1.165) is 50.6 Å². The summed E-state index contributed by atoms with van der Waals surface area (Å²) in [5.41, 5.74) is 2.78. The predicted octanol–water partition coefficient (Wildman–Crippen LogP) is 4.51. The molecule has 0 saturated carbocycles. The lowest BCUT2D eigenvalue weighted by Crippen LogP contribution is -2.36. The molecule has 1 aliphatic heterocycles. The van der Waals surface area contributed by atoms with Gasteiger partial charge in [0.25, 0.3) is 0 Å². The van der Waals surface area contributed by atoms with Crippen LogP contribution in [0.1, 0.15) is 30.1 Å². The number of morpholine rings is 1. The summed E-state index contributed by atoms with van der Waals surface area (Å²) < 4.78 is 11.0. The summed E-state index contributed by atoms with van der Waals surface area (Å²) >= 11 is 0. The fraction of sp³-hybridized carbons (Fsp3) is 0.348. The number of benzene rings is 2. The molecule has 1 saturated heterocycles. The number of ether oxygens (including phenoxy) is 2. The molecule has 0 unspecified atom stereocenters. The van der Waals surface area contributed by atoms with Crippen LogP contribution in [0, 0.1) is 0 Å². The van der Waals surface area contributed by atoms with Gasteiger partial charge in [-0.05, 0) is 55.0 Å². The van der Waals surface area contributed by atoms with Crippen LogP contribution < -0.4 is 15.0 Å². The van der Waals surface area contributed by atoms with Crippen molar-refractivity contribution in [3.8, 4) is 5.75 Å². The lowest BCUT2D eigenvalue weighted by Gasteiger charge is -2.28. The maximum atomic E-state index is 12.3. The highest BCUT2D eigenvalue weighted by Gasteiger charge is 2.10. The number of rotatable bonds is 9. The van der Waals surface area contributed by atoms with Gasteiger partial charge in [-0.25, -0.2) is 0 Å². The molecule has 0 radical (unpaired) electrons. The van der Waals surface area contributed by atoms with Crippen LogP contribution >= 0.6 is 0 Å². The Balaban J connectivity index is 1.49. The third-order valence-electron chi connectivity index (χ3n) is 4.63. The van der Waals surface area contributed by atoms with E-state index in [1.54, 1.807) is 24.4 Å². The highest BCUT2D eigenvalue weighted by atomic mass is 16.5. The third-order valence-corrected chi connectivity index (χ3v) is 4.63. The van der Waals surface area contributed by atoms with E-state index < -0.39 is 0 Å². The minimum Gasteiger partial charge on any atom is -0.494 e. The predicted molar refractivity (Wildman–Crippen MR) is 113 cm³/mol. The zero-order valence-corrected chi connectivity index (χ0v) is 16.4. The number of hydrogen-bond acceptors (Lipinski definition) is 5. The standard InChI is InChI=1S/C23H28N2O3/c1-2-3-16-28-22-10-4-19(5-11-22)23(26)12-13-24-20-6-8-21(9-7-20)25-14-17-27-18-15-25/h4-13,24H,2-3,14-18H2,1H3/b13-12+. The summed E-state index contributed by atoms with van der Waals surface area (Å²) in [6.45, 7) is 6.22. The quantitative estimate of drug-likeness (QED) is 0.394. The first kappa shape index (κ1) is 20.0. The summed E-state index contributed by atoms with van der Waals surface area (Å²) in [5, 5.41) is 3.15. The molecule has 2 aromatic rings. The van der Waals surface area contributed by atoms with Crippen LogP contribution in [0.5, 0.6) is 5.75 Å². The van der Waals surface area contributed by atoms with Crippen molar-refractivity contribution < 1.29 is 14.3 Å². The number of nitrogens with zero attached hydrogens (tertiary/aromatic N) is 1. The Hall–Kier alpha value is -2.79. The van der Waals surface area contributed by atoms with E-state index in [1.165, 1.54) is 5.69 Å². The summed E-state index contributed by atoms with van der Waals surface area (Å²) in [6.07, 6.45) is 5.35. The molecule has 0 aliphatic carbocycles. The topological polar surface area (TPSA) is 50.8 Å². The fourth-order valence-corrected chi connectivity index (χ4v) is 2.95. The molecule has 28 heavy (non-hydrogen) atoms. The van der Waals surface area contributed by atoms with Crippen LogP contribution in [0.3, 0.4) is 0 Å². The summed E-state index contributed by atoms with van der Waals surface area (Å²) in [4.78, 5) is 14.6. The molecule has 1 heterocycles. The van der Waals surface area contributed by atoms with Crippen LogP contribution in [0.4, 0.5) is 11.4 Å². The molecule has 1 aliphatic rings. The molecule has 0 aromatic heterocycles. The second-order valence-electron chi connectivity index (χ2n) is 6.71. The molecule has 148 valence electrons. The lowest BCUT2D eigenvalue weighted by molar-refractivity contribution is 0.104. The second-order valence-corrected chi connectivity index (χ2v) is 6.71. The van der Waals surface area contributed by atoms with Crippen molar-refractivity contribution in [1.29, 1.82) is 0 Å². The Labute approximate surface area is 167 Å². The van der Waals surface area contributed by atoms with Gasteiger partial charge in [-0.3, -0.25) is 4.79 Å². The molecule has 2 aromatic carbocycles. The molecular formula is C23H28N2O3. The van der Waals surface area contributed by atoms with Gasteiger partial charge in [0.1, 0.15) is 5.75 Å². The number of ketones is 1. The van der Waals surface area contributed by atoms with Gasteiger partial charge in [0, 0.05) is 42.3 Å². The Bertz CT molecular complexity index is 763. The Morgan fingerprint density at radius 1 is 1.11 bits per heavy atom. The Morgan fingerprint density at radius 2 is 1.82 bits per heavy atom. The first-order chi connectivity index (χ1) is 13.8. The maximum absolute atomic E-state index is 12.3. The number of allylic oxidation sites excluding steroid dienone is 1. The van der Waals surface area contributed by atoms with Gasteiger partial charge < -0.3 is 19.7 Å². The van der Waals surface area contributed by atoms with E-state index in [2.05, 4.69) is 29.3 Å². The molecule has 0 spiro atoms. The molecule has 3 rings (SSSR count). The smallest absolute Gasteiger partial charge is 0.187 e. The first-order valence-electron chi connectivity index (χ1n) is 9.89. The number of anilines is 2. The van der Waals surface area contributed by atoms with Gasteiger partial charge in [-0.15, -0.1) is 0 Å². The molecule has 1 fully saturated rings. The van der Waals surface area contributed by atoms with Gasteiger partial charge in [0.05, 0.1) is 19.8 Å². The number of hydrogen-bond donors (Lipinski definition) is 1. The van der Waals surface area contributed by atoms with E-state index in [4.69, 9.17) is 9.47 Å². The SMILES string of the molecule is CCCCOc1ccc(C(=O)/C=C/Nc2ccc(N3CCOCC3)cc2)cc1. The van der Waals surface area contributed by atoms with E-state index in [0.29, 0.717) is 12.2 Å². The zero-order chi connectivity index (χ0) is 19.6. The van der Waals surface area contributed by atoms with Crippen LogP contribution in [-0.4, -0.2) is 38.7 Å². The molecule has 0 atom stereocenters. The number of nitrogens with one attached hydrogen (secondary N) is 1. The van der Waals surface area contributed by atoms with Gasteiger partial charge in [-0.2, -0.15) is 0 Å². The molecule has 5 nitrogen and oxygen atoms in total. The van der Waals surface area contributed by atoms with E-state index in [-0.39, 0.29) is 5.78 Å². The average molecular weight is 380 g/mol. The molecule has 1 N–H and O–H groups in total. The van der Waals surface area contributed by atoms with E-state index in [9.17, 15) is 4.79 Å². The van der Waals surface area contributed by atoms with Crippen molar-refractivity contribution in [3.63, 3.8) is 0 Å². The van der Waals surface area contributed by atoms with Crippen LogP contribution in [0.2, 0.25) is 0 Å². The number of unbranched alkanes of at least 4 members (excludes halogenated alkanes) is 1. The minimum atomic E-state index is -0.0439. The highest BCUT2D eigenvalue weighted by Crippen LogP contribution is 2.19. The molecule has 5 heteroatoms. The first-order valence-corrected chi connectivity index (χ1v) is 9.89. The van der Waals surface area contributed by atoms with Crippen LogP contribution in [0.15, 0.2) is 60.8 Å². The van der Waals surface area contributed by atoms with Gasteiger partial charge in [0.15, 0.2) is 5.78 Å². The van der Waals surface area contributed by atoms with Crippen molar-refractivity contribution in [2.45, 2.75) is 19.8 Å². The second kappa shape index (κ2) is 10.5. The van der Waals surface area contributed by atoms with Gasteiger partial charge in [0.2, 0.25) is 0 Å². The normalized spacial score (nSPS) is 14.2. The Kier molecular flexibility index (Phi) is 7.50. The summed E-state index contributed by atoms with van der Waals surface area (Å²) in [6, 6.07) is 15.5. The monoisotopic (exact) mass is 380 g/mol. The van der Waals surface area contributed by atoms with E-state index >= 15 is 0 Å². The summed E-state index contributed by atoms with van der Waals surface area (Å²) in [5.74, 6) is 0.755. The summed E-state index contributed by atoms with van der Waals surface area (Å²) in [7, 11) is 0. The number of carbonyl (C=O) groups excluding carboxylic acids is 1. The van der Waals surface area contributed by atoms with Crippen molar-refractivity contribution >= 4 is 17.2 Å². The van der Waals surface area contributed by atoms with Crippen molar-refractivity contribution in [2.24, 2.45) is 0 Å². The lowest BCUT2D eigenvalue weighted by atomic mass is 10.1. The molecule has 0 bridgehead atoms. The van der Waals surface area contributed by atoms with Crippen molar-refractivity contribution in [2.75, 3.05) is 43.1 Å². The van der Waals surface area contributed by atoms with Crippen LogP contribution in [-0.2, 0) is 4.74 Å². The van der Waals surface area contributed by atoms with Crippen LogP contribution in [0.25, 0.3) is 0 Å². The number of carbonyl (C=O) groups is 1. The van der Waals surface area contributed by atoms with Gasteiger partial charge >= 0.3 is 0 Å². The largest absolute Gasteiger partial charge is 0.494 e. The molecular weight excluding hydrogens is 352 g/mol. The van der Waals surface area contributed by atoms with Crippen molar-refractivity contribution in [3.05, 3.63) is 66.4 Å². The van der Waals surface area contributed by atoms with Crippen molar-refractivity contribution in [1.82, 2.24) is 0 Å². The van der Waals surface area contributed by atoms with Gasteiger partial charge in [-0.1, -0.05) is 13.3 Å². The third kappa shape index (κ3) is 5.86. The zero-order valence-electron chi connectivity index (χ0n) is 16.4. The minimum absolute atomic E-state index is 0.0439. The fourth-order valence-electron chi connectivity index (χ4n) is 2.95. The Morgan fingerprint density at radius 3 is 2.50 bits per heavy atom. The van der Waals surface area contributed by atoms with E-state index in [1.807, 2.05) is 24.3 Å². The molecule has 0 amide bonds.